The minimum absolute atomic E-state index is 0.289. The molecule has 3 heterocycles. The van der Waals surface area contributed by atoms with Crippen molar-refractivity contribution in [2.75, 3.05) is 17.2 Å². The second-order valence-corrected chi connectivity index (χ2v) is 6.59. The van der Waals surface area contributed by atoms with Gasteiger partial charge < -0.3 is 16.0 Å². The molecule has 0 aliphatic rings. The van der Waals surface area contributed by atoms with Crippen LogP contribution in [0.3, 0.4) is 0 Å². The van der Waals surface area contributed by atoms with Crippen molar-refractivity contribution in [1.82, 2.24) is 28.7 Å². The third kappa shape index (κ3) is 3.22. The molecule has 132 valence electrons. The summed E-state index contributed by atoms with van der Waals surface area (Å²) in [6, 6.07) is 1.48. The fraction of sp³-hybridized carbons (Fsp3) is 0.357. The Kier molecular flexibility index (Phi) is 4.49. The van der Waals surface area contributed by atoms with Crippen LogP contribution in [0, 0.1) is 0 Å². The van der Waals surface area contributed by atoms with Gasteiger partial charge in [0, 0.05) is 32.5 Å². The molecule has 0 saturated carbocycles. The van der Waals surface area contributed by atoms with Gasteiger partial charge in [-0.15, -0.1) is 0 Å². The van der Waals surface area contributed by atoms with E-state index in [0.29, 0.717) is 40.1 Å². The van der Waals surface area contributed by atoms with Gasteiger partial charge in [-0.05, 0) is 6.42 Å². The van der Waals surface area contributed by atoms with Crippen molar-refractivity contribution in [3.63, 3.8) is 0 Å². The average Bonchev–Trinajstić information content (AvgIpc) is 2.93. The lowest BCUT2D eigenvalue weighted by molar-refractivity contribution is 0.594. The first-order valence-corrected chi connectivity index (χ1v) is 8.50. The molecule has 0 aromatic carbocycles. The molecule has 0 saturated heterocycles. The lowest BCUT2D eigenvalue weighted by Crippen LogP contribution is -2.39. The molecule has 0 atom stereocenters. The first kappa shape index (κ1) is 17.0. The number of thioether (sulfide) groups is 1. The van der Waals surface area contributed by atoms with Crippen LogP contribution < -0.4 is 22.7 Å². The SMILES string of the molecule is Cn1cnc2c1c(=O)n(CCCSc1nc(N)cc(N)n1)c(=O)n2C. The van der Waals surface area contributed by atoms with E-state index in [1.54, 1.807) is 18.7 Å². The first-order chi connectivity index (χ1) is 11.9. The molecule has 0 radical (unpaired) electrons. The zero-order valence-corrected chi connectivity index (χ0v) is 14.7. The molecule has 0 spiro atoms. The minimum atomic E-state index is -0.384. The van der Waals surface area contributed by atoms with Gasteiger partial charge in [-0.2, -0.15) is 0 Å². The third-order valence-corrected chi connectivity index (χ3v) is 4.64. The number of nitrogens with two attached hydrogens (primary N) is 2. The van der Waals surface area contributed by atoms with E-state index in [4.69, 9.17) is 11.5 Å². The summed E-state index contributed by atoms with van der Waals surface area (Å²) in [5.74, 6) is 1.23. The van der Waals surface area contributed by atoms with E-state index in [9.17, 15) is 9.59 Å². The molecule has 0 fully saturated rings. The van der Waals surface area contributed by atoms with Crippen molar-refractivity contribution >= 4 is 34.6 Å². The first-order valence-electron chi connectivity index (χ1n) is 7.52. The van der Waals surface area contributed by atoms with Crippen molar-refractivity contribution in [3.8, 4) is 0 Å². The molecule has 25 heavy (non-hydrogen) atoms. The van der Waals surface area contributed by atoms with Crippen LogP contribution in [0.1, 0.15) is 6.42 Å². The van der Waals surface area contributed by atoms with Crippen LogP contribution >= 0.6 is 11.8 Å². The van der Waals surface area contributed by atoms with E-state index in [1.165, 1.54) is 33.3 Å². The predicted molar refractivity (Wildman–Crippen MR) is 96.4 cm³/mol. The van der Waals surface area contributed by atoms with Crippen molar-refractivity contribution in [1.29, 1.82) is 0 Å². The highest BCUT2D eigenvalue weighted by atomic mass is 32.2. The van der Waals surface area contributed by atoms with Crippen LogP contribution in [0.5, 0.6) is 0 Å². The van der Waals surface area contributed by atoms with Gasteiger partial charge in [0.1, 0.15) is 11.6 Å². The molecule has 10 nitrogen and oxygen atoms in total. The van der Waals surface area contributed by atoms with Gasteiger partial charge in [-0.25, -0.2) is 19.7 Å². The fourth-order valence-corrected chi connectivity index (χ4v) is 3.30. The van der Waals surface area contributed by atoms with Gasteiger partial charge in [-0.3, -0.25) is 13.9 Å². The summed E-state index contributed by atoms with van der Waals surface area (Å²) in [6.45, 7) is 0.289. The summed E-state index contributed by atoms with van der Waals surface area (Å²) < 4.78 is 4.22. The maximum absolute atomic E-state index is 12.6. The van der Waals surface area contributed by atoms with Crippen molar-refractivity contribution in [2.24, 2.45) is 14.1 Å². The van der Waals surface area contributed by atoms with E-state index in [2.05, 4.69) is 15.0 Å². The van der Waals surface area contributed by atoms with Crippen LogP contribution in [0.2, 0.25) is 0 Å². The van der Waals surface area contributed by atoms with Gasteiger partial charge in [0.25, 0.3) is 5.56 Å². The number of imidazole rings is 1. The van der Waals surface area contributed by atoms with Crippen LogP contribution in [-0.4, -0.2) is 34.4 Å². The average molecular weight is 362 g/mol. The van der Waals surface area contributed by atoms with Crippen LogP contribution in [-0.2, 0) is 20.6 Å². The number of nitrogen functional groups attached to an aromatic ring is 2. The zero-order chi connectivity index (χ0) is 18.1. The number of aromatic nitrogens is 6. The monoisotopic (exact) mass is 362 g/mol. The summed E-state index contributed by atoms with van der Waals surface area (Å²) in [4.78, 5) is 37.2. The number of hydrogen-bond donors (Lipinski definition) is 2. The minimum Gasteiger partial charge on any atom is -0.383 e. The van der Waals surface area contributed by atoms with E-state index < -0.39 is 0 Å². The number of hydrogen-bond acceptors (Lipinski definition) is 8. The standard InChI is InChI=1S/C14H18N8O2S/c1-20-7-17-11-10(20)12(23)22(14(24)21(11)2)4-3-5-25-13-18-8(15)6-9(16)19-13/h6-7H,3-5H2,1-2H3,(H4,15,16,18,19). The Balaban J connectivity index is 1.76. The summed E-state index contributed by atoms with van der Waals surface area (Å²) in [5, 5.41) is 0.472. The third-order valence-electron chi connectivity index (χ3n) is 3.70. The highest BCUT2D eigenvalue weighted by molar-refractivity contribution is 7.99. The Morgan fingerprint density at radius 2 is 1.84 bits per heavy atom. The normalized spacial score (nSPS) is 11.3. The van der Waals surface area contributed by atoms with Crippen LogP contribution in [0.25, 0.3) is 11.2 Å². The fourth-order valence-electron chi connectivity index (χ4n) is 2.51. The number of anilines is 2. The Bertz CT molecular complexity index is 1030. The molecule has 4 N–H and O–H groups in total. The van der Waals surface area contributed by atoms with Crippen LogP contribution in [0.15, 0.2) is 27.1 Å². The zero-order valence-electron chi connectivity index (χ0n) is 13.8. The van der Waals surface area contributed by atoms with E-state index in [1.807, 2.05) is 0 Å². The molecule has 0 unspecified atom stereocenters. The van der Waals surface area contributed by atoms with Gasteiger partial charge >= 0.3 is 5.69 Å². The highest BCUT2D eigenvalue weighted by Crippen LogP contribution is 2.17. The molecule has 0 bridgehead atoms. The van der Waals surface area contributed by atoms with Crippen molar-refractivity contribution in [3.05, 3.63) is 33.2 Å². The molecule has 3 rings (SSSR count). The largest absolute Gasteiger partial charge is 0.383 e. The molecular weight excluding hydrogens is 344 g/mol. The molecule has 0 aliphatic carbocycles. The summed E-state index contributed by atoms with van der Waals surface area (Å²) in [6.07, 6.45) is 2.11. The number of nitrogens with zero attached hydrogens (tertiary/aromatic N) is 6. The molecule has 11 heteroatoms. The quantitative estimate of drug-likeness (QED) is 0.354. The Hall–Kier alpha value is -2.82. The maximum atomic E-state index is 12.6. The van der Waals surface area contributed by atoms with Crippen molar-refractivity contribution in [2.45, 2.75) is 18.1 Å². The Morgan fingerprint density at radius 3 is 2.52 bits per heavy atom. The van der Waals surface area contributed by atoms with E-state index in [0.717, 1.165) is 0 Å². The second kappa shape index (κ2) is 6.59. The summed E-state index contributed by atoms with van der Waals surface area (Å²) >= 11 is 1.37. The van der Waals surface area contributed by atoms with Gasteiger partial charge in [0.15, 0.2) is 16.3 Å². The van der Waals surface area contributed by atoms with Crippen molar-refractivity contribution < 1.29 is 0 Å². The topological polar surface area (TPSA) is 140 Å². The Morgan fingerprint density at radius 1 is 1.16 bits per heavy atom. The lowest BCUT2D eigenvalue weighted by Gasteiger charge is -2.08. The predicted octanol–water partition coefficient (Wildman–Crippen LogP) is -0.429. The lowest BCUT2D eigenvalue weighted by atomic mass is 10.4. The summed E-state index contributed by atoms with van der Waals surface area (Å²) in [7, 11) is 3.33. The van der Waals surface area contributed by atoms with Gasteiger partial charge in [-0.1, -0.05) is 11.8 Å². The second-order valence-electron chi connectivity index (χ2n) is 5.53. The number of aryl methyl sites for hydroxylation is 2. The summed E-state index contributed by atoms with van der Waals surface area (Å²) in [5.41, 5.74) is 11.3. The number of rotatable bonds is 5. The van der Waals surface area contributed by atoms with Crippen LogP contribution in [0.4, 0.5) is 11.6 Å². The van der Waals surface area contributed by atoms with Gasteiger partial charge in [0.2, 0.25) is 0 Å². The molecular formula is C14H18N8O2S. The maximum Gasteiger partial charge on any atom is 0.332 e. The van der Waals surface area contributed by atoms with E-state index >= 15 is 0 Å². The highest BCUT2D eigenvalue weighted by Gasteiger charge is 2.14. The molecule has 3 aromatic rings. The smallest absolute Gasteiger partial charge is 0.332 e. The Labute approximate surface area is 146 Å². The van der Waals surface area contributed by atoms with E-state index in [-0.39, 0.29) is 17.8 Å². The molecule has 0 aliphatic heterocycles. The molecule has 0 amide bonds. The molecule has 3 aromatic heterocycles. The van der Waals surface area contributed by atoms with Gasteiger partial charge in [0.05, 0.1) is 6.33 Å². The number of fused-ring (bicyclic) bond motifs is 1.